The monoisotopic (exact) mass is 522 g/mol. The number of fused-ring (bicyclic) bond motifs is 2. The summed E-state index contributed by atoms with van der Waals surface area (Å²) in [6, 6.07) is 12.7. The van der Waals surface area contributed by atoms with Gasteiger partial charge >= 0.3 is 0 Å². The van der Waals surface area contributed by atoms with E-state index >= 15 is 0 Å². The summed E-state index contributed by atoms with van der Waals surface area (Å²) < 4.78 is 27.8. The van der Waals surface area contributed by atoms with Crippen LogP contribution in [0.1, 0.15) is 38.2 Å². The molecule has 0 radical (unpaired) electrons. The van der Waals surface area contributed by atoms with Crippen LogP contribution in [-0.4, -0.2) is 17.3 Å². The topological polar surface area (TPSA) is 51.7 Å². The van der Waals surface area contributed by atoms with Crippen molar-refractivity contribution in [2.45, 2.75) is 38.3 Å². The van der Waals surface area contributed by atoms with Crippen LogP contribution in [0.15, 0.2) is 42.5 Å². The minimum atomic E-state index is -0.869. The molecule has 0 bridgehead atoms. The number of nitrogens with zero attached hydrogens (tertiary/aromatic N) is 3. The third-order valence-electron chi connectivity index (χ3n) is 8.26. The molecule has 1 aromatic heterocycles. The van der Waals surface area contributed by atoms with Crippen molar-refractivity contribution < 1.29 is 8.78 Å². The molecule has 5 unspecified atom stereocenters. The Bertz CT molecular complexity index is 1390. The lowest BCUT2D eigenvalue weighted by atomic mass is 9.94. The number of nitriles is 1. The molecule has 2 fully saturated rings. The van der Waals surface area contributed by atoms with E-state index in [0.29, 0.717) is 16.3 Å². The first-order valence-electron chi connectivity index (χ1n) is 12.4. The van der Waals surface area contributed by atoms with E-state index in [1.807, 2.05) is 24.3 Å². The van der Waals surface area contributed by atoms with Crippen LogP contribution in [0.5, 0.6) is 0 Å². The van der Waals surface area contributed by atoms with E-state index in [2.05, 4.69) is 23.8 Å². The average molecular weight is 523 g/mol. The first-order valence-corrected chi connectivity index (χ1v) is 14.6. The molecule has 184 valence electrons. The first kappa shape index (κ1) is 23.8. The van der Waals surface area contributed by atoms with Gasteiger partial charge in [0, 0.05) is 17.2 Å². The van der Waals surface area contributed by atoms with Gasteiger partial charge in [0.1, 0.15) is 23.4 Å². The fraction of sp³-hybridized carbons (Fsp3) is 0.357. The Morgan fingerprint density at radius 2 is 1.78 bits per heavy atom. The second kappa shape index (κ2) is 9.06. The number of hydrogen-bond donors (Lipinski definition) is 1. The summed E-state index contributed by atoms with van der Waals surface area (Å²) in [5, 5.41) is 15.7. The van der Waals surface area contributed by atoms with E-state index in [1.54, 1.807) is 12.1 Å². The maximum atomic E-state index is 14.1. The van der Waals surface area contributed by atoms with Crippen LogP contribution in [0.3, 0.4) is 0 Å². The molecule has 1 aliphatic heterocycles. The van der Waals surface area contributed by atoms with E-state index < -0.39 is 11.6 Å². The molecule has 6 rings (SSSR count). The summed E-state index contributed by atoms with van der Waals surface area (Å²) in [7, 11) is -0.365. The highest BCUT2D eigenvalue weighted by molar-refractivity contribution is 7.55. The number of aromatic nitrogens is 1. The van der Waals surface area contributed by atoms with Crippen molar-refractivity contribution in [2.24, 2.45) is 17.8 Å². The molecule has 8 heteroatoms. The van der Waals surface area contributed by atoms with Gasteiger partial charge in [-0.15, -0.1) is 0 Å². The maximum Gasteiger partial charge on any atom is 0.174 e. The number of hydrogen-bond acceptors (Lipinski definition) is 4. The third-order valence-corrected chi connectivity index (χ3v) is 10.7. The Hall–Kier alpha value is -2.58. The molecule has 2 heterocycles. The summed E-state index contributed by atoms with van der Waals surface area (Å²) in [5.41, 5.74) is 3.81. The van der Waals surface area contributed by atoms with Crippen molar-refractivity contribution in [1.29, 1.82) is 5.26 Å². The Morgan fingerprint density at radius 1 is 1.06 bits per heavy atom. The SMILES string of the molecule is CC1CCC2C1CCC2P(C)NN1c2cc(Cl)c(-c3ccc(-c4cc(F)cc(F)c4C#N)cc3)nc21. The van der Waals surface area contributed by atoms with Crippen LogP contribution < -0.4 is 10.2 Å². The molecule has 4 nitrogen and oxygen atoms in total. The molecular formula is C28H26ClF2N4P. The number of nitrogens with one attached hydrogen (secondary N) is 1. The van der Waals surface area contributed by atoms with Gasteiger partial charge in [-0.3, -0.25) is 5.01 Å². The molecule has 0 saturated heterocycles. The van der Waals surface area contributed by atoms with Crippen molar-refractivity contribution in [3.8, 4) is 28.5 Å². The van der Waals surface area contributed by atoms with Crippen LogP contribution in [0.2, 0.25) is 5.02 Å². The van der Waals surface area contributed by atoms with Crippen LogP contribution in [0, 0.1) is 40.7 Å². The zero-order chi connectivity index (χ0) is 25.1. The molecule has 0 amide bonds. The summed E-state index contributed by atoms with van der Waals surface area (Å²) in [5.74, 6) is 1.91. The predicted octanol–water partition coefficient (Wildman–Crippen LogP) is 8.03. The minimum absolute atomic E-state index is 0.178. The van der Waals surface area contributed by atoms with Crippen molar-refractivity contribution in [3.63, 3.8) is 0 Å². The number of benzene rings is 2. The number of anilines is 2. The summed E-state index contributed by atoms with van der Waals surface area (Å²) >= 11 is 6.61. The molecule has 2 aromatic carbocycles. The highest BCUT2D eigenvalue weighted by Crippen LogP contribution is 2.59. The van der Waals surface area contributed by atoms with Gasteiger partial charge in [-0.05, 0) is 75.1 Å². The number of hydrazine groups is 1. The van der Waals surface area contributed by atoms with Crippen molar-refractivity contribution in [2.75, 3.05) is 11.7 Å². The van der Waals surface area contributed by atoms with Gasteiger partial charge in [-0.2, -0.15) is 5.26 Å². The lowest BCUT2D eigenvalue weighted by Gasteiger charge is -2.27. The molecule has 5 atom stereocenters. The van der Waals surface area contributed by atoms with Gasteiger partial charge in [-0.1, -0.05) is 49.2 Å². The Morgan fingerprint density at radius 3 is 2.53 bits per heavy atom. The highest BCUT2D eigenvalue weighted by atomic mass is 35.5. The zero-order valence-corrected chi connectivity index (χ0v) is 21.8. The molecule has 0 spiro atoms. The largest absolute Gasteiger partial charge is 0.250 e. The molecule has 36 heavy (non-hydrogen) atoms. The Kier molecular flexibility index (Phi) is 5.99. The number of rotatable bonds is 5. The molecule has 2 aliphatic carbocycles. The van der Waals surface area contributed by atoms with E-state index in [9.17, 15) is 14.0 Å². The molecule has 2 saturated carbocycles. The smallest absolute Gasteiger partial charge is 0.174 e. The van der Waals surface area contributed by atoms with Gasteiger partial charge in [0.05, 0.1) is 16.3 Å². The number of halogens is 3. The fourth-order valence-corrected chi connectivity index (χ4v) is 8.75. The van der Waals surface area contributed by atoms with E-state index in [1.165, 1.54) is 31.7 Å². The lowest BCUT2D eigenvalue weighted by Crippen LogP contribution is -2.25. The van der Waals surface area contributed by atoms with Crippen LogP contribution in [0.4, 0.5) is 20.3 Å². The van der Waals surface area contributed by atoms with Crippen LogP contribution >= 0.6 is 19.7 Å². The molecule has 3 aromatic rings. The van der Waals surface area contributed by atoms with E-state index in [0.717, 1.165) is 46.5 Å². The zero-order valence-electron chi connectivity index (χ0n) is 20.1. The third kappa shape index (κ3) is 3.98. The summed E-state index contributed by atoms with van der Waals surface area (Å²) in [4.78, 5) is 4.81. The van der Waals surface area contributed by atoms with Gasteiger partial charge in [0.25, 0.3) is 0 Å². The highest BCUT2D eigenvalue weighted by Gasteiger charge is 2.46. The first-order chi connectivity index (χ1) is 17.4. The summed E-state index contributed by atoms with van der Waals surface area (Å²) in [6.07, 6.45) is 5.40. The molecule has 3 aliphatic rings. The van der Waals surface area contributed by atoms with Crippen LogP contribution in [0.25, 0.3) is 22.4 Å². The average Bonchev–Trinajstić information content (AvgIpc) is 3.16. The van der Waals surface area contributed by atoms with Crippen molar-refractivity contribution in [3.05, 3.63) is 64.7 Å². The maximum absolute atomic E-state index is 14.1. The second-order valence-corrected chi connectivity index (χ2v) is 12.7. The van der Waals surface area contributed by atoms with Gasteiger partial charge in [0.2, 0.25) is 0 Å². The van der Waals surface area contributed by atoms with Gasteiger partial charge < -0.3 is 0 Å². The molecule has 1 N–H and O–H groups in total. The second-order valence-electron chi connectivity index (χ2n) is 10.2. The normalized spacial score (nSPS) is 24.8. The van der Waals surface area contributed by atoms with Gasteiger partial charge in [-0.25, -0.2) is 19.0 Å². The lowest BCUT2D eigenvalue weighted by molar-refractivity contribution is 0.378. The molecular weight excluding hydrogens is 497 g/mol. The van der Waals surface area contributed by atoms with Crippen LogP contribution in [-0.2, 0) is 0 Å². The minimum Gasteiger partial charge on any atom is -0.250 e. The standard InChI is InChI=1S/C28H26ClF2N4P/c1-15-3-8-20-19(15)9-10-26(20)36(2)34-35-25-13-23(29)27(33-28(25)35)17-6-4-16(5-7-17)21-11-18(30)12-24(31)22(21)14-32/h4-7,11-13,15,19-20,26,34H,3,8-10H2,1-2H3. The van der Waals surface area contributed by atoms with E-state index in [4.69, 9.17) is 16.6 Å². The summed E-state index contributed by atoms with van der Waals surface area (Å²) in [6.45, 7) is 4.76. The van der Waals surface area contributed by atoms with Gasteiger partial charge in [0.15, 0.2) is 5.82 Å². The quantitative estimate of drug-likeness (QED) is 0.272. The Labute approximate surface area is 216 Å². The van der Waals surface area contributed by atoms with Crippen molar-refractivity contribution in [1.82, 2.24) is 10.2 Å². The Balaban J connectivity index is 1.20. The fourth-order valence-electron chi connectivity index (χ4n) is 6.35. The van der Waals surface area contributed by atoms with Crippen molar-refractivity contribution >= 4 is 31.2 Å². The number of pyridine rings is 1. The van der Waals surface area contributed by atoms with E-state index in [-0.39, 0.29) is 19.2 Å². The predicted molar refractivity (Wildman–Crippen MR) is 141 cm³/mol.